The minimum Gasteiger partial charge on any atom is -0.497 e. The van der Waals surface area contributed by atoms with E-state index in [1.807, 2.05) is 49.4 Å². The van der Waals surface area contributed by atoms with Gasteiger partial charge in [0.1, 0.15) is 17.4 Å². The second kappa shape index (κ2) is 10.6. The van der Waals surface area contributed by atoms with Gasteiger partial charge < -0.3 is 25.0 Å². The van der Waals surface area contributed by atoms with Gasteiger partial charge >= 0.3 is 0 Å². The van der Waals surface area contributed by atoms with E-state index in [1.165, 1.54) is 0 Å². The van der Waals surface area contributed by atoms with Gasteiger partial charge in [0.2, 0.25) is 17.7 Å². The molecule has 3 fully saturated rings. The van der Waals surface area contributed by atoms with Crippen molar-refractivity contribution in [1.82, 2.24) is 10.2 Å². The predicted molar refractivity (Wildman–Crippen MR) is 155 cm³/mol. The maximum Gasteiger partial charge on any atom is 0.246 e. The van der Waals surface area contributed by atoms with Crippen molar-refractivity contribution in [2.24, 2.45) is 23.7 Å². The number of carbonyl (C=O) groups excluding carboxylic acids is 3. The first-order valence-corrected chi connectivity index (χ1v) is 14.7. The molecule has 2 saturated heterocycles. The molecule has 2 N–H and O–H groups in total. The molecule has 3 heterocycles. The molecule has 2 aromatic rings. The molecule has 0 aromatic heterocycles. The van der Waals surface area contributed by atoms with E-state index in [0.717, 1.165) is 24.8 Å². The summed E-state index contributed by atoms with van der Waals surface area (Å²) in [5, 5.41) is 6.29. The van der Waals surface area contributed by atoms with E-state index in [4.69, 9.17) is 9.47 Å². The predicted octanol–water partition coefficient (Wildman–Crippen LogP) is 4.49. The highest BCUT2D eigenvalue weighted by molar-refractivity contribution is 6.03. The highest BCUT2D eigenvalue weighted by atomic mass is 16.5. The Hall–Kier alpha value is -3.65. The summed E-state index contributed by atoms with van der Waals surface area (Å²) >= 11 is 0. The first-order chi connectivity index (χ1) is 19.7. The Labute approximate surface area is 241 Å². The van der Waals surface area contributed by atoms with Crippen LogP contribution in [-0.2, 0) is 19.1 Å². The monoisotopic (exact) mass is 557 g/mol. The van der Waals surface area contributed by atoms with Crippen LogP contribution in [0.2, 0.25) is 0 Å². The van der Waals surface area contributed by atoms with Crippen LogP contribution in [0.25, 0.3) is 0 Å². The van der Waals surface area contributed by atoms with Crippen molar-refractivity contribution in [2.45, 2.75) is 69.9 Å². The van der Waals surface area contributed by atoms with Crippen molar-refractivity contribution in [3.8, 4) is 5.75 Å². The summed E-state index contributed by atoms with van der Waals surface area (Å²) < 4.78 is 11.8. The molecule has 1 aliphatic carbocycles. The third kappa shape index (κ3) is 4.53. The zero-order chi connectivity index (χ0) is 28.9. The van der Waals surface area contributed by atoms with E-state index in [0.29, 0.717) is 23.3 Å². The Morgan fingerprint density at radius 1 is 1.05 bits per heavy atom. The summed E-state index contributed by atoms with van der Waals surface area (Å²) in [6, 6.07) is 15.5. The van der Waals surface area contributed by atoms with Gasteiger partial charge in [-0.05, 0) is 55.0 Å². The van der Waals surface area contributed by atoms with E-state index in [1.54, 1.807) is 36.3 Å². The van der Waals surface area contributed by atoms with E-state index >= 15 is 0 Å². The standard InChI is InChI=1S/C33H39N3O5/c1-19-9-8-12-25(20(19)2)35-31(38)29-33-18-17-26(41-33)27(30(37)34-23-13-15-24(40-4)16-14-23)28(33)32(39)36(29)21(3)22-10-6-5-7-11-22/h5-7,10-11,13-21,25-29H,8-9,12H2,1-4H3,(H,34,37)(H,35,38). The number of likely N-dealkylation sites (tertiary alicyclic amines) is 1. The van der Waals surface area contributed by atoms with E-state index in [-0.39, 0.29) is 29.8 Å². The number of rotatable bonds is 7. The fraction of sp³-hybridized carbons (Fsp3) is 0.485. The van der Waals surface area contributed by atoms with Gasteiger partial charge in [-0.25, -0.2) is 0 Å². The third-order valence-corrected chi connectivity index (χ3v) is 9.95. The zero-order valence-electron chi connectivity index (χ0n) is 24.1. The van der Waals surface area contributed by atoms with Crippen LogP contribution >= 0.6 is 0 Å². The van der Waals surface area contributed by atoms with Crippen molar-refractivity contribution in [3.05, 3.63) is 72.3 Å². The number of fused-ring (bicyclic) bond motifs is 1. The Morgan fingerprint density at radius 3 is 2.49 bits per heavy atom. The fourth-order valence-corrected chi connectivity index (χ4v) is 7.46. The summed E-state index contributed by atoms with van der Waals surface area (Å²) in [4.78, 5) is 44.1. The number of nitrogens with one attached hydrogen (secondary N) is 2. The molecule has 4 aliphatic rings. The fourth-order valence-electron chi connectivity index (χ4n) is 7.46. The minimum atomic E-state index is -1.21. The SMILES string of the molecule is COc1ccc(NC(=O)C2C3C=CC4(O3)C2C(=O)N(C(C)c2ccccc2)C4C(=O)NC2CCCC(C)C2C)cc1. The van der Waals surface area contributed by atoms with Gasteiger partial charge in [-0.1, -0.05) is 69.2 Å². The minimum absolute atomic E-state index is 0.0300. The van der Waals surface area contributed by atoms with Crippen molar-refractivity contribution in [1.29, 1.82) is 0 Å². The second-order valence-corrected chi connectivity index (χ2v) is 12.1. The van der Waals surface area contributed by atoms with Gasteiger partial charge in [0.25, 0.3) is 0 Å². The highest BCUT2D eigenvalue weighted by Gasteiger charge is 2.73. The van der Waals surface area contributed by atoms with Crippen LogP contribution in [0, 0.1) is 23.7 Å². The molecule has 0 radical (unpaired) electrons. The average molecular weight is 558 g/mol. The first-order valence-electron chi connectivity index (χ1n) is 14.7. The highest BCUT2D eigenvalue weighted by Crippen LogP contribution is 2.56. The Bertz CT molecular complexity index is 1340. The van der Waals surface area contributed by atoms with Gasteiger partial charge in [0.05, 0.1) is 31.1 Å². The number of nitrogens with zero attached hydrogens (tertiary/aromatic N) is 1. The maximum absolute atomic E-state index is 14.4. The van der Waals surface area contributed by atoms with E-state index < -0.39 is 29.6 Å². The molecule has 9 unspecified atom stereocenters. The van der Waals surface area contributed by atoms with Crippen molar-refractivity contribution >= 4 is 23.4 Å². The number of methoxy groups -OCH3 is 1. The Balaban J connectivity index is 1.34. The summed E-state index contributed by atoms with van der Waals surface area (Å²) in [6.45, 7) is 6.37. The van der Waals surface area contributed by atoms with Crippen LogP contribution in [0.4, 0.5) is 5.69 Å². The number of anilines is 1. The van der Waals surface area contributed by atoms with Crippen molar-refractivity contribution in [2.75, 3.05) is 12.4 Å². The van der Waals surface area contributed by atoms with Crippen molar-refractivity contribution in [3.63, 3.8) is 0 Å². The largest absolute Gasteiger partial charge is 0.497 e. The van der Waals surface area contributed by atoms with E-state index in [2.05, 4.69) is 24.5 Å². The van der Waals surface area contributed by atoms with Gasteiger partial charge in [0.15, 0.2) is 0 Å². The van der Waals surface area contributed by atoms with Gasteiger partial charge in [-0.15, -0.1) is 0 Å². The summed E-state index contributed by atoms with van der Waals surface area (Å²) in [5.74, 6) is -0.782. The van der Waals surface area contributed by atoms with Crippen LogP contribution in [0.15, 0.2) is 66.7 Å². The number of ether oxygens (including phenoxy) is 2. The van der Waals surface area contributed by atoms with Crippen molar-refractivity contribution < 1.29 is 23.9 Å². The van der Waals surface area contributed by atoms with Gasteiger partial charge in [-0.3, -0.25) is 14.4 Å². The van der Waals surface area contributed by atoms with Crippen LogP contribution < -0.4 is 15.4 Å². The topological polar surface area (TPSA) is 97.0 Å². The summed E-state index contributed by atoms with van der Waals surface area (Å²) in [5.41, 5.74) is 0.319. The molecule has 9 atom stereocenters. The maximum atomic E-state index is 14.4. The number of amides is 3. The molecule has 3 aliphatic heterocycles. The quantitative estimate of drug-likeness (QED) is 0.489. The molecule has 8 heteroatoms. The van der Waals surface area contributed by atoms with Crippen LogP contribution in [0.1, 0.15) is 51.6 Å². The number of hydrogen-bond donors (Lipinski definition) is 2. The molecule has 2 bridgehead atoms. The number of benzene rings is 2. The average Bonchev–Trinajstić information content (AvgIpc) is 3.63. The second-order valence-electron chi connectivity index (χ2n) is 12.1. The lowest BCUT2D eigenvalue weighted by Gasteiger charge is -2.39. The smallest absolute Gasteiger partial charge is 0.246 e. The lowest BCUT2D eigenvalue weighted by atomic mass is 9.73. The molecular weight excluding hydrogens is 518 g/mol. The third-order valence-electron chi connectivity index (χ3n) is 9.95. The molecular formula is C33H39N3O5. The van der Waals surface area contributed by atoms with E-state index in [9.17, 15) is 14.4 Å². The zero-order valence-corrected chi connectivity index (χ0v) is 24.1. The molecule has 2 aromatic carbocycles. The molecule has 3 amide bonds. The Kier molecular flexibility index (Phi) is 7.14. The Morgan fingerprint density at radius 2 is 1.78 bits per heavy atom. The molecule has 1 saturated carbocycles. The lowest BCUT2D eigenvalue weighted by molar-refractivity contribution is -0.144. The van der Waals surface area contributed by atoms with Gasteiger partial charge in [0, 0.05) is 11.7 Å². The summed E-state index contributed by atoms with van der Waals surface area (Å²) in [6.07, 6.45) is 6.26. The van der Waals surface area contributed by atoms with Crippen LogP contribution in [0.3, 0.4) is 0 Å². The molecule has 6 rings (SSSR count). The molecule has 41 heavy (non-hydrogen) atoms. The van der Waals surface area contributed by atoms with Gasteiger partial charge in [-0.2, -0.15) is 0 Å². The van der Waals surface area contributed by atoms with Crippen LogP contribution in [0.5, 0.6) is 5.75 Å². The normalized spacial score (nSPS) is 34.3. The van der Waals surface area contributed by atoms with Crippen LogP contribution in [-0.4, -0.2) is 53.5 Å². The number of carbonyl (C=O) groups is 3. The molecule has 216 valence electrons. The number of hydrogen-bond acceptors (Lipinski definition) is 5. The lowest BCUT2D eigenvalue weighted by Crippen LogP contribution is -2.58. The summed E-state index contributed by atoms with van der Waals surface area (Å²) in [7, 11) is 1.59. The first kappa shape index (κ1) is 27.5. The molecule has 1 spiro atoms. The molecule has 8 nitrogen and oxygen atoms in total.